The molecule has 0 saturated heterocycles. The van der Waals surface area contributed by atoms with E-state index in [2.05, 4.69) is 4.98 Å². The van der Waals surface area contributed by atoms with E-state index in [9.17, 15) is 18.0 Å². The number of thioether (sulfide) groups is 1. The predicted octanol–water partition coefficient (Wildman–Crippen LogP) is 3.34. The van der Waals surface area contributed by atoms with Crippen molar-refractivity contribution in [2.24, 2.45) is 0 Å². The number of Topliss-reactive ketones (excluding diaryl/α,β-unsaturated/α-hetero) is 1. The Morgan fingerprint density at radius 2 is 2.12 bits per heavy atom. The molecule has 0 N–H and O–H groups in total. The molecule has 0 bridgehead atoms. The molecule has 0 amide bonds. The van der Waals surface area contributed by atoms with Crippen molar-refractivity contribution in [2.75, 3.05) is 5.75 Å². The van der Waals surface area contributed by atoms with Crippen molar-refractivity contribution in [1.29, 1.82) is 0 Å². The zero-order valence-corrected chi connectivity index (χ0v) is 10.3. The molecule has 1 rings (SSSR count). The summed E-state index contributed by atoms with van der Waals surface area (Å²) in [7, 11) is 0. The van der Waals surface area contributed by atoms with Crippen LogP contribution in [0.3, 0.4) is 0 Å². The van der Waals surface area contributed by atoms with Crippen molar-refractivity contribution >= 4 is 17.5 Å². The van der Waals surface area contributed by atoms with Gasteiger partial charge < -0.3 is 0 Å². The second kappa shape index (κ2) is 5.53. The molecule has 0 spiro atoms. The molecule has 0 radical (unpaired) electrons. The summed E-state index contributed by atoms with van der Waals surface area (Å²) >= 11 is 1.17. The van der Waals surface area contributed by atoms with Crippen LogP contribution in [-0.4, -0.2) is 16.5 Å². The minimum absolute atomic E-state index is 0.0289. The van der Waals surface area contributed by atoms with E-state index in [-0.39, 0.29) is 11.5 Å². The Labute approximate surface area is 102 Å². The van der Waals surface area contributed by atoms with Crippen LogP contribution < -0.4 is 0 Å². The van der Waals surface area contributed by atoms with Gasteiger partial charge in [-0.3, -0.25) is 4.79 Å². The number of halogens is 3. The first-order valence-electron chi connectivity index (χ1n) is 5.03. The molecule has 2 nitrogen and oxygen atoms in total. The minimum Gasteiger partial charge on any atom is -0.299 e. The maximum atomic E-state index is 12.4. The van der Waals surface area contributed by atoms with E-state index in [0.29, 0.717) is 17.0 Å². The number of aryl methyl sites for hydroxylation is 1. The zero-order valence-electron chi connectivity index (χ0n) is 9.47. The van der Waals surface area contributed by atoms with Crippen molar-refractivity contribution in [2.45, 2.75) is 31.5 Å². The molecule has 0 aliphatic carbocycles. The van der Waals surface area contributed by atoms with Crippen molar-refractivity contribution in [3.63, 3.8) is 0 Å². The van der Waals surface area contributed by atoms with Gasteiger partial charge in [0.05, 0.1) is 16.3 Å². The number of carbonyl (C=O) groups excluding carboxylic acids is 1. The Hall–Kier alpha value is -1.04. The quantitative estimate of drug-likeness (QED) is 0.780. The number of carbonyl (C=O) groups is 1. The van der Waals surface area contributed by atoms with Crippen LogP contribution in [0.5, 0.6) is 0 Å². The summed E-state index contributed by atoms with van der Waals surface area (Å²) in [4.78, 5) is 14.6. The van der Waals surface area contributed by atoms with Crippen LogP contribution in [0.1, 0.15) is 25.0 Å². The number of pyridine rings is 1. The lowest BCUT2D eigenvalue weighted by Crippen LogP contribution is -2.07. The smallest absolute Gasteiger partial charge is 0.299 e. The van der Waals surface area contributed by atoms with E-state index in [4.69, 9.17) is 0 Å². The van der Waals surface area contributed by atoms with Crippen LogP contribution in [0.4, 0.5) is 13.2 Å². The molecule has 0 aliphatic rings. The van der Waals surface area contributed by atoms with Gasteiger partial charge in [-0.05, 0) is 25.0 Å². The summed E-state index contributed by atoms with van der Waals surface area (Å²) in [6, 6.07) is 1.09. The van der Waals surface area contributed by atoms with Gasteiger partial charge in [0.25, 0.3) is 0 Å². The van der Waals surface area contributed by atoms with E-state index >= 15 is 0 Å². The molecule has 1 aromatic rings. The zero-order chi connectivity index (χ0) is 13.1. The Kier molecular flexibility index (Phi) is 4.56. The monoisotopic (exact) mass is 263 g/mol. The van der Waals surface area contributed by atoms with Gasteiger partial charge in [-0.15, -0.1) is 0 Å². The predicted molar refractivity (Wildman–Crippen MR) is 60.0 cm³/mol. The Morgan fingerprint density at radius 1 is 1.47 bits per heavy atom. The molecule has 0 aliphatic heterocycles. The molecule has 6 heteroatoms. The van der Waals surface area contributed by atoms with E-state index in [1.807, 2.05) is 0 Å². The average molecular weight is 263 g/mol. The van der Waals surface area contributed by atoms with Crippen molar-refractivity contribution in [3.8, 4) is 0 Å². The van der Waals surface area contributed by atoms with E-state index in [1.54, 1.807) is 6.92 Å². The van der Waals surface area contributed by atoms with Gasteiger partial charge in [0.1, 0.15) is 5.78 Å². The normalized spacial score (nSPS) is 11.6. The third-order valence-electron chi connectivity index (χ3n) is 2.05. The van der Waals surface area contributed by atoms with Gasteiger partial charge >= 0.3 is 6.18 Å². The fourth-order valence-corrected chi connectivity index (χ4v) is 2.06. The third kappa shape index (κ3) is 4.03. The largest absolute Gasteiger partial charge is 0.417 e. The minimum atomic E-state index is -4.37. The molecule has 1 heterocycles. The summed E-state index contributed by atoms with van der Waals surface area (Å²) in [5, 5.41) is 0.496. The number of ketones is 1. The lowest BCUT2D eigenvalue weighted by Gasteiger charge is -2.10. The summed E-state index contributed by atoms with van der Waals surface area (Å²) in [5.41, 5.74) is -0.229. The number of aromatic nitrogens is 1. The maximum absolute atomic E-state index is 12.4. The molecule has 0 atom stereocenters. The molecule has 94 valence electrons. The second-order valence-corrected chi connectivity index (χ2v) is 4.49. The molecule has 0 saturated carbocycles. The molecule has 0 unspecified atom stereocenters. The molecule has 0 aromatic carbocycles. The Morgan fingerprint density at radius 3 is 2.59 bits per heavy atom. The first kappa shape index (κ1) is 14.0. The number of hydrogen-bond donors (Lipinski definition) is 0. The van der Waals surface area contributed by atoms with Crippen LogP contribution in [0.25, 0.3) is 0 Å². The van der Waals surface area contributed by atoms with Gasteiger partial charge in [0.15, 0.2) is 0 Å². The third-order valence-corrected chi connectivity index (χ3v) is 3.24. The average Bonchev–Trinajstić information content (AvgIpc) is 2.24. The lowest BCUT2D eigenvalue weighted by molar-refractivity contribution is -0.138. The van der Waals surface area contributed by atoms with Crippen LogP contribution in [0.2, 0.25) is 0 Å². The van der Waals surface area contributed by atoms with Gasteiger partial charge in [0.2, 0.25) is 0 Å². The standard InChI is InChI=1S/C11H12F3NOS/c1-3-8-4-9(11(12,13)14)5-15-10(8)17-6-7(2)16/h4-5H,3,6H2,1-2H3. The molecule has 0 fully saturated rings. The first-order valence-corrected chi connectivity index (χ1v) is 6.01. The lowest BCUT2D eigenvalue weighted by atomic mass is 10.1. The topological polar surface area (TPSA) is 30.0 Å². The highest BCUT2D eigenvalue weighted by Crippen LogP contribution is 2.31. The Balaban J connectivity index is 2.97. The van der Waals surface area contributed by atoms with Crippen molar-refractivity contribution < 1.29 is 18.0 Å². The van der Waals surface area contributed by atoms with Crippen LogP contribution in [-0.2, 0) is 17.4 Å². The summed E-state index contributed by atoms with van der Waals surface area (Å²) in [5.74, 6) is 0.199. The fourth-order valence-electron chi connectivity index (χ4n) is 1.21. The molecule has 17 heavy (non-hydrogen) atoms. The second-order valence-electron chi connectivity index (χ2n) is 3.53. The highest BCUT2D eigenvalue weighted by Gasteiger charge is 2.31. The fraction of sp³-hybridized carbons (Fsp3) is 0.455. The molecular formula is C11H12F3NOS. The SMILES string of the molecule is CCc1cc(C(F)(F)F)cnc1SCC(C)=O. The summed E-state index contributed by atoms with van der Waals surface area (Å²) in [6.07, 6.45) is -3.11. The maximum Gasteiger partial charge on any atom is 0.417 e. The van der Waals surface area contributed by atoms with Crippen molar-refractivity contribution in [1.82, 2.24) is 4.98 Å². The highest BCUT2D eigenvalue weighted by atomic mass is 32.2. The van der Waals surface area contributed by atoms with Gasteiger partial charge in [-0.1, -0.05) is 18.7 Å². The van der Waals surface area contributed by atoms with E-state index in [0.717, 1.165) is 12.3 Å². The first-order chi connectivity index (χ1) is 7.84. The summed E-state index contributed by atoms with van der Waals surface area (Å²) in [6.45, 7) is 3.19. The number of alkyl halides is 3. The van der Waals surface area contributed by atoms with Gasteiger partial charge in [0, 0.05) is 6.20 Å². The van der Waals surface area contributed by atoms with E-state index < -0.39 is 11.7 Å². The highest BCUT2D eigenvalue weighted by molar-refractivity contribution is 7.99. The van der Waals surface area contributed by atoms with Gasteiger partial charge in [-0.25, -0.2) is 4.98 Å². The summed E-state index contributed by atoms with van der Waals surface area (Å²) < 4.78 is 37.3. The molecular weight excluding hydrogens is 251 g/mol. The van der Waals surface area contributed by atoms with Crippen molar-refractivity contribution in [3.05, 3.63) is 23.4 Å². The molecule has 1 aromatic heterocycles. The van der Waals surface area contributed by atoms with Crippen LogP contribution in [0.15, 0.2) is 17.3 Å². The Bertz CT molecular complexity index is 418. The number of nitrogens with zero attached hydrogens (tertiary/aromatic N) is 1. The van der Waals surface area contributed by atoms with Gasteiger partial charge in [-0.2, -0.15) is 13.2 Å². The number of hydrogen-bond acceptors (Lipinski definition) is 3. The van der Waals surface area contributed by atoms with Crippen LogP contribution in [0, 0.1) is 0 Å². The van der Waals surface area contributed by atoms with Crippen LogP contribution >= 0.6 is 11.8 Å². The van der Waals surface area contributed by atoms with E-state index in [1.165, 1.54) is 18.7 Å². The number of rotatable bonds is 4.